The Bertz CT molecular complexity index is 571. The highest BCUT2D eigenvalue weighted by atomic mass is 79.9. The molecule has 2 nitrogen and oxygen atoms in total. The molecule has 0 radical (unpaired) electrons. The average molecular weight is 405 g/mol. The molecule has 0 aliphatic rings. The van der Waals surface area contributed by atoms with Gasteiger partial charge >= 0.3 is 0 Å². The Morgan fingerprint density at radius 1 is 1.30 bits per heavy atom. The van der Waals surface area contributed by atoms with E-state index in [0.29, 0.717) is 16.7 Å². The monoisotopic (exact) mass is 403 g/mol. The summed E-state index contributed by atoms with van der Waals surface area (Å²) in [6.07, 6.45) is 3.24. The van der Waals surface area contributed by atoms with Gasteiger partial charge in [-0.25, -0.2) is 4.39 Å². The van der Waals surface area contributed by atoms with Gasteiger partial charge in [0.1, 0.15) is 5.82 Å². The Morgan fingerprint density at radius 3 is 2.70 bits per heavy atom. The summed E-state index contributed by atoms with van der Waals surface area (Å²) in [6, 6.07) is 7.11. The predicted octanol–water partition coefficient (Wildman–Crippen LogP) is 5.23. The SMILES string of the molecule is CCCNC(Cc1ccc(Br)cc1F)c1ccoc1Br. The molecule has 0 spiro atoms. The van der Waals surface area contributed by atoms with Crippen LogP contribution in [-0.2, 0) is 6.42 Å². The van der Waals surface area contributed by atoms with E-state index in [0.717, 1.165) is 23.0 Å². The van der Waals surface area contributed by atoms with Crippen molar-refractivity contribution in [3.8, 4) is 0 Å². The minimum absolute atomic E-state index is 0.0266. The molecule has 2 aromatic rings. The van der Waals surface area contributed by atoms with Gasteiger partial charge in [0.05, 0.1) is 6.26 Å². The van der Waals surface area contributed by atoms with E-state index in [9.17, 15) is 4.39 Å². The van der Waals surface area contributed by atoms with Crippen LogP contribution in [0.15, 0.2) is 44.1 Å². The molecule has 2 rings (SSSR count). The molecule has 20 heavy (non-hydrogen) atoms. The highest BCUT2D eigenvalue weighted by Gasteiger charge is 2.18. The van der Waals surface area contributed by atoms with Crippen molar-refractivity contribution >= 4 is 31.9 Å². The summed E-state index contributed by atoms with van der Waals surface area (Å²) in [5.41, 5.74) is 1.70. The van der Waals surface area contributed by atoms with Gasteiger partial charge in [0, 0.05) is 16.1 Å². The molecule has 0 bridgehead atoms. The van der Waals surface area contributed by atoms with E-state index in [1.165, 1.54) is 6.07 Å². The molecule has 5 heteroatoms. The largest absolute Gasteiger partial charge is 0.457 e. The van der Waals surface area contributed by atoms with Crippen LogP contribution in [0.2, 0.25) is 0 Å². The third-order valence-electron chi connectivity index (χ3n) is 3.10. The third kappa shape index (κ3) is 3.93. The van der Waals surface area contributed by atoms with Gasteiger partial charge in [-0.05, 0) is 59.1 Å². The van der Waals surface area contributed by atoms with Crippen LogP contribution in [0.5, 0.6) is 0 Å². The summed E-state index contributed by atoms with van der Waals surface area (Å²) in [4.78, 5) is 0. The fourth-order valence-corrected chi connectivity index (χ4v) is 2.92. The zero-order valence-corrected chi connectivity index (χ0v) is 14.3. The predicted molar refractivity (Wildman–Crippen MR) is 85.2 cm³/mol. The molecule has 0 fully saturated rings. The second-order valence-electron chi connectivity index (χ2n) is 4.60. The van der Waals surface area contributed by atoms with Gasteiger partial charge in [-0.2, -0.15) is 0 Å². The van der Waals surface area contributed by atoms with Crippen molar-refractivity contribution in [2.24, 2.45) is 0 Å². The van der Waals surface area contributed by atoms with E-state index in [1.54, 1.807) is 6.26 Å². The maximum absolute atomic E-state index is 14.0. The number of furan rings is 1. The number of benzene rings is 1. The summed E-state index contributed by atoms with van der Waals surface area (Å²) in [7, 11) is 0. The Balaban J connectivity index is 2.21. The Morgan fingerprint density at radius 2 is 2.10 bits per heavy atom. The lowest BCUT2D eigenvalue weighted by atomic mass is 10.0. The maximum atomic E-state index is 14.0. The fraction of sp³-hybridized carbons (Fsp3) is 0.333. The first-order valence-electron chi connectivity index (χ1n) is 6.52. The molecular weight excluding hydrogens is 389 g/mol. The van der Waals surface area contributed by atoms with Crippen molar-refractivity contribution in [1.29, 1.82) is 0 Å². The van der Waals surface area contributed by atoms with Crippen LogP contribution in [-0.4, -0.2) is 6.54 Å². The lowest BCUT2D eigenvalue weighted by Gasteiger charge is -2.18. The van der Waals surface area contributed by atoms with E-state index in [1.807, 2.05) is 18.2 Å². The Labute approximate surface area is 135 Å². The highest BCUT2D eigenvalue weighted by molar-refractivity contribution is 9.10. The molecule has 1 heterocycles. The molecule has 108 valence electrons. The Kier molecular flexibility index (Phi) is 5.81. The molecule has 1 aromatic heterocycles. The quantitative estimate of drug-likeness (QED) is 0.713. The van der Waals surface area contributed by atoms with Crippen molar-refractivity contribution in [2.45, 2.75) is 25.8 Å². The second-order valence-corrected chi connectivity index (χ2v) is 6.23. The number of nitrogens with one attached hydrogen (secondary N) is 1. The highest BCUT2D eigenvalue weighted by Crippen LogP contribution is 2.28. The van der Waals surface area contributed by atoms with Crippen LogP contribution in [0.25, 0.3) is 0 Å². The van der Waals surface area contributed by atoms with Crippen molar-refractivity contribution in [2.75, 3.05) is 6.54 Å². The fourth-order valence-electron chi connectivity index (χ4n) is 2.07. The van der Waals surface area contributed by atoms with Gasteiger partial charge in [0.2, 0.25) is 0 Å². The van der Waals surface area contributed by atoms with Crippen LogP contribution in [0, 0.1) is 5.82 Å². The topological polar surface area (TPSA) is 25.2 Å². The number of rotatable bonds is 6. The molecule has 1 atom stereocenters. The van der Waals surface area contributed by atoms with Gasteiger partial charge in [0.15, 0.2) is 4.67 Å². The molecule has 0 saturated carbocycles. The van der Waals surface area contributed by atoms with Gasteiger partial charge in [-0.15, -0.1) is 0 Å². The molecule has 0 aliphatic heterocycles. The first-order chi connectivity index (χ1) is 9.61. The molecule has 0 aliphatic carbocycles. The smallest absolute Gasteiger partial charge is 0.173 e. The van der Waals surface area contributed by atoms with Crippen molar-refractivity contribution in [3.63, 3.8) is 0 Å². The normalized spacial score (nSPS) is 12.6. The van der Waals surface area contributed by atoms with E-state index in [2.05, 4.69) is 44.1 Å². The zero-order valence-electron chi connectivity index (χ0n) is 11.1. The first-order valence-corrected chi connectivity index (χ1v) is 8.10. The van der Waals surface area contributed by atoms with Crippen LogP contribution < -0.4 is 5.32 Å². The van der Waals surface area contributed by atoms with Crippen LogP contribution in [0.4, 0.5) is 4.39 Å². The molecule has 1 aromatic carbocycles. The van der Waals surface area contributed by atoms with Gasteiger partial charge in [-0.1, -0.05) is 28.9 Å². The summed E-state index contributed by atoms with van der Waals surface area (Å²) >= 11 is 6.67. The van der Waals surface area contributed by atoms with Gasteiger partial charge < -0.3 is 9.73 Å². The molecular formula is C15H16Br2FNO. The number of hydrogen-bond donors (Lipinski definition) is 1. The number of hydrogen-bond acceptors (Lipinski definition) is 2. The van der Waals surface area contributed by atoms with Crippen molar-refractivity contribution in [1.82, 2.24) is 5.32 Å². The van der Waals surface area contributed by atoms with E-state index in [4.69, 9.17) is 4.42 Å². The van der Waals surface area contributed by atoms with Crippen molar-refractivity contribution < 1.29 is 8.81 Å². The summed E-state index contributed by atoms with van der Waals surface area (Å²) in [6.45, 7) is 2.98. The molecule has 1 unspecified atom stereocenters. The first kappa shape index (κ1) is 15.7. The number of halogens is 3. The zero-order chi connectivity index (χ0) is 14.5. The minimum atomic E-state index is -0.192. The van der Waals surface area contributed by atoms with Crippen LogP contribution >= 0.6 is 31.9 Å². The molecule has 0 amide bonds. The van der Waals surface area contributed by atoms with E-state index in [-0.39, 0.29) is 11.9 Å². The Hall–Kier alpha value is -0.650. The van der Waals surface area contributed by atoms with Crippen LogP contribution in [0.3, 0.4) is 0 Å². The summed E-state index contributed by atoms with van der Waals surface area (Å²) < 4.78 is 20.7. The summed E-state index contributed by atoms with van der Waals surface area (Å²) in [5.74, 6) is -0.192. The third-order valence-corrected chi connectivity index (χ3v) is 4.24. The van der Waals surface area contributed by atoms with E-state index < -0.39 is 0 Å². The molecule has 0 saturated heterocycles. The van der Waals surface area contributed by atoms with Gasteiger partial charge in [-0.3, -0.25) is 0 Å². The average Bonchev–Trinajstić information content (AvgIpc) is 2.83. The van der Waals surface area contributed by atoms with Crippen molar-refractivity contribution in [3.05, 3.63) is 56.6 Å². The lowest BCUT2D eigenvalue weighted by Crippen LogP contribution is -2.24. The van der Waals surface area contributed by atoms with Crippen LogP contribution in [0.1, 0.15) is 30.5 Å². The minimum Gasteiger partial charge on any atom is -0.457 e. The lowest BCUT2D eigenvalue weighted by molar-refractivity contribution is 0.490. The van der Waals surface area contributed by atoms with Gasteiger partial charge in [0.25, 0.3) is 0 Å². The maximum Gasteiger partial charge on any atom is 0.173 e. The second kappa shape index (κ2) is 7.38. The van der Waals surface area contributed by atoms with E-state index >= 15 is 0 Å². The standard InChI is InChI=1S/C15H16Br2FNO/c1-2-6-19-14(12-5-7-20-15(12)17)8-10-3-4-11(16)9-13(10)18/h3-5,7,9,14,19H,2,6,8H2,1H3. The summed E-state index contributed by atoms with van der Waals surface area (Å²) in [5, 5.41) is 3.43. The molecule has 1 N–H and O–H groups in total.